The van der Waals surface area contributed by atoms with Crippen LogP contribution in [0.3, 0.4) is 0 Å². The zero-order valence-electron chi connectivity index (χ0n) is 17.8. The number of aryl methyl sites for hydroxylation is 1. The van der Waals surface area contributed by atoms with Crippen molar-refractivity contribution in [3.63, 3.8) is 0 Å². The van der Waals surface area contributed by atoms with Crippen molar-refractivity contribution in [1.29, 1.82) is 0 Å². The van der Waals surface area contributed by atoms with Crippen LogP contribution in [0.5, 0.6) is 11.5 Å². The average molecular weight is 475 g/mol. The number of rotatable bonds is 8. The van der Waals surface area contributed by atoms with Gasteiger partial charge in [-0.05, 0) is 42.5 Å². The maximum absolute atomic E-state index is 13.3. The Morgan fingerprint density at radius 2 is 1.76 bits per heavy atom. The van der Waals surface area contributed by atoms with E-state index in [1.54, 1.807) is 48.2 Å². The molecule has 172 valence electrons. The van der Waals surface area contributed by atoms with E-state index in [4.69, 9.17) is 9.47 Å². The van der Waals surface area contributed by atoms with E-state index in [-0.39, 0.29) is 6.61 Å². The van der Waals surface area contributed by atoms with Gasteiger partial charge in [0.05, 0.1) is 24.1 Å². The van der Waals surface area contributed by atoms with Gasteiger partial charge in [0, 0.05) is 19.4 Å². The standard InChI is InChI=1S/C22H20F3N5O2S/c1-29-11-10-26-20(29)14-33-21-28-27-19(13-32-18-8-6-17(31-2)7-9-18)30(21)16-5-3-4-15(12-16)22(23,24)25/h3-12H,13-14H2,1-2H3. The number of hydrogen-bond acceptors (Lipinski definition) is 6. The van der Waals surface area contributed by atoms with Gasteiger partial charge in [-0.15, -0.1) is 10.2 Å². The minimum absolute atomic E-state index is 0.0124. The van der Waals surface area contributed by atoms with Crippen molar-refractivity contribution >= 4 is 11.8 Å². The molecular weight excluding hydrogens is 455 g/mol. The lowest BCUT2D eigenvalue weighted by Gasteiger charge is -2.13. The number of imidazole rings is 1. The molecular formula is C22H20F3N5O2S. The lowest BCUT2D eigenvalue weighted by molar-refractivity contribution is -0.137. The molecule has 0 saturated heterocycles. The van der Waals surface area contributed by atoms with E-state index in [2.05, 4.69) is 15.2 Å². The molecule has 4 aromatic rings. The van der Waals surface area contributed by atoms with Crippen LogP contribution in [-0.4, -0.2) is 31.4 Å². The second-order valence-corrected chi connectivity index (χ2v) is 7.93. The molecule has 0 bridgehead atoms. The van der Waals surface area contributed by atoms with Gasteiger partial charge in [-0.25, -0.2) is 4.98 Å². The van der Waals surface area contributed by atoms with Crippen LogP contribution in [-0.2, 0) is 25.6 Å². The number of alkyl halides is 3. The fourth-order valence-corrected chi connectivity index (χ4v) is 4.03. The van der Waals surface area contributed by atoms with Gasteiger partial charge >= 0.3 is 6.18 Å². The Bertz CT molecular complexity index is 1220. The summed E-state index contributed by atoms with van der Waals surface area (Å²) in [4.78, 5) is 4.28. The van der Waals surface area contributed by atoms with Crippen molar-refractivity contribution < 1.29 is 22.6 Å². The predicted molar refractivity (Wildman–Crippen MR) is 116 cm³/mol. The Hall–Kier alpha value is -3.47. The van der Waals surface area contributed by atoms with E-state index in [0.29, 0.717) is 33.9 Å². The molecule has 0 saturated carbocycles. The molecule has 0 amide bonds. The summed E-state index contributed by atoms with van der Waals surface area (Å²) in [5, 5.41) is 8.84. The van der Waals surface area contributed by atoms with E-state index in [9.17, 15) is 13.2 Å². The second kappa shape index (κ2) is 9.57. The normalized spacial score (nSPS) is 11.5. The van der Waals surface area contributed by atoms with Crippen LogP contribution in [0.4, 0.5) is 13.2 Å². The predicted octanol–water partition coefficient (Wildman–Crippen LogP) is 4.90. The number of benzene rings is 2. The smallest absolute Gasteiger partial charge is 0.416 e. The second-order valence-electron chi connectivity index (χ2n) is 6.99. The van der Waals surface area contributed by atoms with Gasteiger partial charge in [-0.2, -0.15) is 13.2 Å². The molecule has 4 rings (SSSR count). The Balaban J connectivity index is 1.64. The van der Waals surface area contributed by atoms with Gasteiger partial charge in [0.2, 0.25) is 0 Å². The quantitative estimate of drug-likeness (QED) is 0.338. The van der Waals surface area contributed by atoms with Crippen LogP contribution in [0.1, 0.15) is 17.2 Å². The van der Waals surface area contributed by atoms with Crippen LogP contribution in [0.25, 0.3) is 5.69 Å². The number of aromatic nitrogens is 5. The fourth-order valence-electron chi connectivity index (χ4n) is 3.05. The van der Waals surface area contributed by atoms with Crippen LogP contribution in [0.2, 0.25) is 0 Å². The number of halogens is 3. The lowest BCUT2D eigenvalue weighted by atomic mass is 10.2. The summed E-state index contributed by atoms with van der Waals surface area (Å²) in [7, 11) is 3.44. The monoisotopic (exact) mass is 475 g/mol. The molecule has 0 aliphatic rings. The third-order valence-electron chi connectivity index (χ3n) is 4.81. The zero-order chi connectivity index (χ0) is 23.4. The van der Waals surface area contributed by atoms with E-state index in [0.717, 1.165) is 18.0 Å². The molecule has 0 N–H and O–H groups in total. The summed E-state index contributed by atoms with van der Waals surface area (Å²) in [5.74, 6) is 2.89. The highest BCUT2D eigenvalue weighted by Crippen LogP contribution is 2.32. The summed E-state index contributed by atoms with van der Waals surface area (Å²) < 4.78 is 54.4. The van der Waals surface area contributed by atoms with Gasteiger partial charge < -0.3 is 14.0 Å². The summed E-state index contributed by atoms with van der Waals surface area (Å²) in [6, 6.07) is 12.0. The molecule has 2 aromatic carbocycles. The number of methoxy groups -OCH3 is 1. The third-order valence-corrected chi connectivity index (χ3v) is 5.74. The van der Waals surface area contributed by atoms with E-state index < -0.39 is 11.7 Å². The molecule has 7 nitrogen and oxygen atoms in total. The van der Waals surface area contributed by atoms with Crippen molar-refractivity contribution in [3.8, 4) is 17.2 Å². The first-order chi connectivity index (χ1) is 15.8. The van der Waals surface area contributed by atoms with Crippen molar-refractivity contribution in [2.75, 3.05) is 7.11 Å². The minimum Gasteiger partial charge on any atom is -0.497 e. The average Bonchev–Trinajstić information content (AvgIpc) is 3.41. The zero-order valence-corrected chi connectivity index (χ0v) is 18.6. The van der Waals surface area contributed by atoms with E-state index in [1.807, 2.05) is 17.8 Å². The fraction of sp³-hybridized carbons (Fsp3) is 0.227. The summed E-state index contributed by atoms with van der Waals surface area (Å²) in [5.41, 5.74) is -0.457. The first kappa shape index (κ1) is 22.7. The molecule has 2 heterocycles. The molecule has 0 spiro atoms. The Kier molecular flexibility index (Phi) is 6.59. The molecule has 33 heavy (non-hydrogen) atoms. The Morgan fingerprint density at radius 3 is 2.42 bits per heavy atom. The van der Waals surface area contributed by atoms with E-state index >= 15 is 0 Å². The number of ether oxygens (including phenoxy) is 2. The largest absolute Gasteiger partial charge is 0.497 e. The third kappa shape index (κ3) is 5.30. The van der Waals surface area contributed by atoms with Crippen molar-refractivity contribution in [3.05, 3.63) is 78.1 Å². The SMILES string of the molecule is COc1ccc(OCc2nnc(SCc3nccn3C)n2-c2cccc(C(F)(F)F)c2)cc1. The highest BCUT2D eigenvalue weighted by molar-refractivity contribution is 7.98. The maximum Gasteiger partial charge on any atom is 0.416 e. The first-order valence-corrected chi connectivity index (χ1v) is 10.8. The molecule has 0 radical (unpaired) electrons. The molecule has 11 heteroatoms. The summed E-state index contributed by atoms with van der Waals surface area (Å²) in [6.45, 7) is 0.0124. The van der Waals surface area contributed by atoms with Crippen molar-refractivity contribution in [2.45, 2.75) is 23.7 Å². The van der Waals surface area contributed by atoms with Gasteiger partial charge in [0.15, 0.2) is 11.0 Å². The number of nitrogens with zero attached hydrogens (tertiary/aromatic N) is 5. The van der Waals surface area contributed by atoms with Gasteiger partial charge in [-0.1, -0.05) is 17.8 Å². The first-order valence-electron chi connectivity index (χ1n) is 9.83. The van der Waals surface area contributed by atoms with Gasteiger partial charge in [-0.3, -0.25) is 4.57 Å². The van der Waals surface area contributed by atoms with Gasteiger partial charge in [0.1, 0.15) is 23.9 Å². The highest BCUT2D eigenvalue weighted by atomic mass is 32.2. The minimum atomic E-state index is -4.47. The van der Waals surface area contributed by atoms with Crippen LogP contribution in [0, 0.1) is 0 Å². The van der Waals surface area contributed by atoms with Crippen molar-refractivity contribution in [2.24, 2.45) is 7.05 Å². The van der Waals surface area contributed by atoms with Crippen LogP contribution in [0.15, 0.2) is 66.1 Å². The lowest BCUT2D eigenvalue weighted by Crippen LogP contribution is -2.10. The molecule has 0 aliphatic carbocycles. The summed E-state index contributed by atoms with van der Waals surface area (Å²) in [6.07, 6.45) is -0.965. The highest BCUT2D eigenvalue weighted by Gasteiger charge is 2.31. The summed E-state index contributed by atoms with van der Waals surface area (Å²) >= 11 is 1.33. The van der Waals surface area contributed by atoms with Crippen molar-refractivity contribution in [1.82, 2.24) is 24.3 Å². The van der Waals surface area contributed by atoms with Crippen LogP contribution >= 0.6 is 11.8 Å². The topological polar surface area (TPSA) is 67.0 Å². The Labute approximate surface area is 192 Å². The number of hydrogen-bond donors (Lipinski definition) is 0. The maximum atomic E-state index is 13.3. The molecule has 2 aromatic heterocycles. The number of thioether (sulfide) groups is 1. The Morgan fingerprint density at radius 1 is 1.00 bits per heavy atom. The van der Waals surface area contributed by atoms with E-state index in [1.165, 1.54) is 17.8 Å². The molecule has 0 atom stereocenters. The molecule has 0 unspecified atom stereocenters. The van der Waals surface area contributed by atoms with Gasteiger partial charge in [0.25, 0.3) is 0 Å². The van der Waals surface area contributed by atoms with Crippen LogP contribution < -0.4 is 9.47 Å². The molecule has 0 aliphatic heterocycles. The molecule has 0 fully saturated rings.